The molecular formula is C27H48N2O4. The van der Waals surface area contributed by atoms with Crippen LogP contribution in [0, 0.1) is 16.2 Å². The Morgan fingerprint density at radius 3 is 1.27 bits per heavy atom. The fraction of sp³-hybridized carbons (Fsp3) is 0.926. The van der Waals surface area contributed by atoms with Gasteiger partial charge in [0.2, 0.25) is 11.8 Å². The van der Waals surface area contributed by atoms with Crippen LogP contribution in [-0.2, 0) is 9.59 Å². The highest BCUT2D eigenvalue weighted by Crippen LogP contribution is 2.52. The zero-order valence-electron chi connectivity index (χ0n) is 21.9. The highest BCUT2D eigenvalue weighted by molar-refractivity contribution is 6.05. The minimum Gasteiger partial charge on any atom is -0.388 e. The molecule has 0 aromatic carbocycles. The Kier molecular flexibility index (Phi) is 7.07. The summed E-state index contributed by atoms with van der Waals surface area (Å²) in [4.78, 5) is 29.4. The lowest BCUT2D eigenvalue weighted by molar-refractivity contribution is -0.189. The van der Waals surface area contributed by atoms with Gasteiger partial charge in [0.05, 0.1) is 23.3 Å². The zero-order chi connectivity index (χ0) is 24.9. The molecule has 3 aliphatic carbocycles. The number of carbonyl (C=O) groups is 2. The molecule has 0 saturated heterocycles. The van der Waals surface area contributed by atoms with Crippen LogP contribution in [0.15, 0.2) is 0 Å². The van der Waals surface area contributed by atoms with E-state index in [2.05, 4.69) is 41.5 Å². The number of carbonyl (C=O) groups excluding carboxylic acids is 2. The topological polar surface area (TPSA) is 104 Å². The molecule has 2 atom stereocenters. The van der Waals surface area contributed by atoms with Crippen molar-refractivity contribution in [2.75, 3.05) is 0 Å². The van der Waals surface area contributed by atoms with Crippen molar-refractivity contribution in [3.63, 3.8) is 0 Å². The number of hydrogen-bond donors (Lipinski definition) is 3. The van der Waals surface area contributed by atoms with E-state index in [4.69, 9.17) is 5.73 Å². The molecule has 4 N–H and O–H groups in total. The lowest BCUT2D eigenvalue weighted by Gasteiger charge is -2.58. The first-order valence-corrected chi connectivity index (χ1v) is 13.2. The van der Waals surface area contributed by atoms with Crippen molar-refractivity contribution in [1.82, 2.24) is 4.90 Å². The summed E-state index contributed by atoms with van der Waals surface area (Å²) in [6.07, 6.45) is 8.61. The predicted molar refractivity (Wildman–Crippen MR) is 130 cm³/mol. The summed E-state index contributed by atoms with van der Waals surface area (Å²) >= 11 is 0. The molecule has 0 radical (unpaired) electrons. The van der Waals surface area contributed by atoms with Crippen molar-refractivity contribution in [2.24, 2.45) is 22.0 Å². The average molecular weight is 465 g/mol. The van der Waals surface area contributed by atoms with Gasteiger partial charge in [0.15, 0.2) is 0 Å². The molecule has 190 valence electrons. The van der Waals surface area contributed by atoms with E-state index in [1.807, 2.05) is 4.90 Å². The molecule has 0 aromatic rings. The molecule has 3 saturated carbocycles. The van der Waals surface area contributed by atoms with Crippen molar-refractivity contribution in [3.8, 4) is 0 Å². The fourth-order valence-corrected chi connectivity index (χ4v) is 7.66. The van der Waals surface area contributed by atoms with Crippen LogP contribution in [0.5, 0.6) is 0 Å². The molecule has 6 nitrogen and oxygen atoms in total. The van der Waals surface area contributed by atoms with Gasteiger partial charge in [-0.1, -0.05) is 80.1 Å². The van der Waals surface area contributed by atoms with Crippen LogP contribution in [0.2, 0.25) is 0 Å². The normalized spacial score (nSPS) is 26.2. The number of rotatable bonds is 6. The molecule has 3 rings (SSSR count). The quantitative estimate of drug-likeness (QED) is 0.510. The highest BCUT2D eigenvalue weighted by atomic mass is 16.3. The Morgan fingerprint density at radius 2 is 1.00 bits per heavy atom. The molecule has 0 heterocycles. The van der Waals surface area contributed by atoms with E-state index in [1.165, 1.54) is 0 Å². The number of hydrogen-bond acceptors (Lipinski definition) is 4. The summed E-state index contributed by atoms with van der Waals surface area (Å²) in [7, 11) is 0. The number of amides is 2. The van der Waals surface area contributed by atoms with Gasteiger partial charge in [-0.15, -0.1) is 0 Å². The molecular weight excluding hydrogens is 416 g/mol. The van der Waals surface area contributed by atoms with Gasteiger partial charge in [-0.3, -0.25) is 9.59 Å². The summed E-state index contributed by atoms with van der Waals surface area (Å²) in [5, 5.41) is 24.0. The number of nitrogens with zero attached hydrogens (tertiary/aromatic N) is 1. The Balaban J connectivity index is 2.27. The Labute approximate surface area is 200 Å². The Morgan fingerprint density at radius 1 is 0.697 bits per heavy atom. The van der Waals surface area contributed by atoms with Crippen LogP contribution in [-0.4, -0.2) is 50.2 Å². The van der Waals surface area contributed by atoms with E-state index in [0.29, 0.717) is 38.5 Å². The van der Waals surface area contributed by atoms with Crippen molar-refractivity contribution >= 4 is 11.8 Å². The first-order chi connectivity index (χ1) is 15.1. The Bertz CT molecular complexity index is 690. The van der Waals surface area contributed by atoms with Gasteiger partial charge in [0.1, 0.15) is 5.41 Å². The molecule has 0 aromatic heterocycles. The third-order valence-corrected chi connectivity index (χ3v) is 8.73. The molecule has 3 aliphatic rings. The van der Waals surface area contributed by atoms with Crippen LogP contribution in [0.4, 0.5) is 0 Å². The minimum atomic E-state index is -1.25. The van der Waals surface area contributed by atoms with Gasteiger partial charge in [-0.05, 0) is 49.4 Å². The molecule has 0 aliphatic heterocycles. The molecule has 33 heavy (non-hydrogen) atoms. The molecule has 2 amide bonds. The van der Waals surface area contributed by atoms with Crippen molar-refractivity contribution < 1.29 is 19.8 Å². The average Bonchev–Trinajstić information content (AvgIpc) is 3.40. The van der Waals surface area contributed by atoms with Crippen molar-refractivity contribution in [2.45, 2.75) is 142 Å². The van der Waals surface area contributed by atoms with E-state index in [-0.39, 0.29) is 5.91 Å². The second-order valence-electron chi connectivity index (χ2n) is 13.5. The van der Waals surface area contributed by atoms with Gasteiger partial charge < -0.3 is 20.8 Å². The van der Waals surface area contributed by atoms with Crippen LogP contribution in [0.25, 0.3) is 0 Å². The molecule has 6 heteroatoms. The smallest absolute Gasteiger partial charge is 0.238 e. The van der Waals surface area contributed by atoms with E-state index >= 15 is 0 Å². The Hall–Kier alpha value is -1.14. The van der Waals surface area contributed by atoms with Gasteiger partial charge in [0.25, 0.3) is 0 Å². The lowest BCUT2D eigenvalue weighted by atomic mass is 9.67. The molecule has 0 unspecified atom stereocenters. The molecule has 3 fully saturated rings. The third-order valence-electron chi connectivity index (χ3n) is 8.73. The van der Waals surface area contributed by atoms with Gasteiger partial charge in [-0.2, -0.15) is 0 Å². The summed E-state index contributed by atoms with van der Waals surface area (Å²) in [5.74, 6) is -0.833. The predicted octanol–water partition coefficient (Wildman–Crippen LogP) is 4.30. The van der Waals surface area contributed by atoms with Gasteiger partial charge in [-0.25, -0.2) is 0 Å². The van der Waals surface area contributed by atoms with Crippen LogP contribution in [0.3, 0.4) is 0 Å². The van der Waals surface area contributed by atoms with E-state index in [1.54, 1.807) is 0 Å². The number of nitrogens with two attached hydrogens (primary N) is 1. The zero-order valence-corrected chi connectivity index (χ0v) is 21.9. The van der Waals surface area contributed by atoms with Gasteiger partial charge in [0, 0.05) is 0 Å². The molecule has 0 bridgehead atoms. The van der Waals surface area contributed by atoms with Gasteiger partial charge >= 0.3 is 0 Å². The first-order valence-electron chi connectivity index (χ1n) is 13.2. The standard InChI is InChI=1S/C27H48N2O4/c1-23(2,3)19(26(32)15-9-10-16-26)29(22(31)25(21(28)30)13-7-8-14-25)20(24(4,5)6)27(33)17-11-12-18-27/h19-20,32-33H,7-18H2,1-6H3,(H2,28,30)/t19-,20-/m1/s1. The van der Waals surface area contributed by atoms with E-state index in [0.717, 1.165) is 38.5 Å². The van der Waals surface area contributed by atoms with Crippen LogP contribution < -0.4 is 5.73 Å². The maximum atomic E-state index is 14.7. The van der Waals surface area contributed by atoms with E-state index in [9.17, 15) is 19.8 Å². The highest BCUT2D eigenvalue weighted by Gasteiger charge is 2.61. The minimum absolute atomic E-state index is 0.270. The summed E-state index contributed by atoms with van der Waals surface area (Å²) in [6, 6.07) is -1.05. The lowest BCUT2D eigenvalue weighted by Crippen LogP contribution is -2.71. The fourth-order valence-electron chi connectivity index (χ4n) is 7.66. The maximum absolute atomic E-state index is 14.7. The second-order valence-corrected chi connectivity index (χ2v) is 13.5. The summed E-state index contributed by atoms with van der Waals surface area (Å²) < 4.78 is 0. The monoisotopic (exact) mass is 464 g/mol. The summed E-state index contributed by atoms with van der Waals surface area (Å²) in [6.45, 7) is 12.4. The number of aliphatic hydroxyl groups is 2. The molecule has 0 spiro atoms. The summed E-state index contributed by atoms with van der Waals surface area (Å²) in [5.41, 5.74) is 1.69. The third kappa shape index (κ3) is 4.71. The maximum Gasteiger partial charge on any atom is 0.238 e. The van der Waals surface area contributed by atoms with Crippen LogP contribution >= 0.6 is 0 Å². The van der Waals surface area contributed by atoms with Crippen molar-refractivity contribution in [3.05, 3.63) is 0 Å². The number of primary amides is 1. The second kappa shape index (κ2) is 8.82. The SMILES string of the molecule is CC(C)(C)[C@@H](N(C(=O)C1(C(N)=O)CCCC1)[C@H](C(C)(C)C)C1(O)CCCC1)C1(O)CCCC1. The van der Waals surface area contributed by atoms with Crippen LogP contribution in [0.1, 0.15) is 119 Å². The van der Waals surface area contributed by atoms with Crippen molar-refractivity contribution in [1.29, 1.82) is 0 Å². The largest absolute Gasteiger partial charge is 0.388 e. The first kappa shape index (κ1) is 26.5. The van der Waals surface area contributed by atoms with E-state index < -0.39 is 45.4 Å².